The molecule has 0 aliphatic carbocycles. The molecule has 136 valence electrons. The first-order valence-electron chi connectivity index (χ1n) is 9.05. The van der Waals surface area contributed by atoms with Crippen LogP contribution in [0.1, 0.15) is 37.3 Å². The van der Waals surface area contributed by atoms with E-state index in [-0.39, 0.29) is 11.8 Å². The number of para-hydroxylation sites is 1. The molecule has 0 spiro atoms. The van der Waals surface area contributed by atoms with Gasteiger partial charge in [0, 0.05) is 36.0 Å². The zero-order valence-electron chi connectivity index (χ0n) is 15.6. The number of carbonyl (C=O) groups excluding carboxylic acids is 1. The maximum absolute atomic E-state index is 12.5. The molecule has 0 aliphatic rings. The van der Waals surface area contributed by atoms with Crippen molar-refractivity contribution in [1.29, 1.82) is 0 Å². The minimum Gasteiger partial charge on any atom is -0.497 e. The van der Waals surface area contributed by atoms with Gasteiger partial charge in [-0.3, -0.25) is 4.79 Å². The molecule has 0 aliphatic heterocycles. The van der Waals surface area contributed by atoms with Crippen LogP contribution in [-0.4, -0.2) is 24.5 Å². The highest BCUT2D eigenvalue weighted by Crippen LogP contribution is 2.34. The maximum atomic E-state index is 12.5. The Morgan fingerprint density at radius 3 is 2.54 bits per heavy atom. The molecule has 0 saturated carbocycles. The van der Waals surface area contributed by atoms with Gasteiger partial charge in [-0.05, 0) is 35.2 Å². The second kappa shape index (κ2) is 8.09. The third kappa shape index (κ3) is 4.07. The van der Waals surface area contributed by atoms with Crippen LogP contribution in [0.3, 0.4) is 0 Å². The highest BCUT2D eigenvalue weighted by Gasteiger charge is 2.21. The van der Waals surface area contributed by atoms with Gasteiger partial charge >= 0.3 is 0 Å². The second-order valence-corrected chi connectivity index (χ2v) is 7.02. The fourth-order valence-corrected chi connectivity index (χ4v) is 3.20. The summed E-state index contributed by atoms with van der Waals surface area (Å²) in [5, 5.41) is 4.20. The van der Waals surface area contributed by atoms with E-state index < -0.39 is 0 Å². The minimum atomic E-state index is -0.00998. The number of ether oxygens (including phenoxy) is 1. The Kier molecular flexibility index (Phi) is 5.61. The van der Waals surface area contributed by atoms with Crippen molar-refractivity contribution in [2.45, 2.75) is 26.2 Å². The van der Waals surface area contributed by atoms with Crippen molar-refractivity contribution in [1.82, 2.24) is 10.3 Å². The van der Waals surface area contributed by atoms with Crippen LogP contribution in [0.25, 0.3) is 10.9 Å². The molecule has 1 aromatic heterocycles. The van der Waals surface area contributed by atoms with Gasteiger partial charge in [0.15, 0.2) is 0 Å². The maximum Gasteiger partial charge on any atom is 0.220 e. The van der Waals surface area contributed by atoms with E-state index in [0.717, 1.165) is 27.8 Å². The van der Waals surface area contributed by atoms with Crippen LogP contribution < -0.4 is 10.1 Å². The molecule has 4 heteroatoms. The van der Waals surface area contributed by atoms with Crippen LogP contribution >= 0.6 is 0 Å². The van der Waals surface area contributed by atoms with Gasteiger partial charge in [0.1, 0.15) is 5.75 Å². The molecule has 3 aromatic rings. The Hall–Kier alpha value is -2.75. The van der Waals surface area contributed by atoms with Crippen LogP contribution in [0.15, 0.2) is 54.7 Å². The first-order valence-corrected chi connectivity index (χ1v) is 9.05. The number of amides is 1. The fourth-order valence-electron chi connectivity index (χ4n) is 3.20. The number of hydrogen-bond acceptors (Lipinski definition) is 2. The molecule has 0 fully saturated rings. The standard InChI is InChI=1S/C22H26N2O2/c1-15(2)13-24-22(25)12-19(16-8-10-17(26-3)11-9-16)20-14-23-21-7-5-4-6-18(20)21/h4-11,14-15,19,23H,12-13H2,1-3H3,(H,24,25)/t19-/m1/s1. The van der Waals surface area contributed by atoms with Gasteiger partial charge in [0.05, 0.1) is 7.11 Å². The SMILES string of the molecule is COc1ccc([C@@H](CC(=O)NCC(C)C)c2c[nH]c3ccccc23)cc1. The van der Waals surface area contributed by atoms with Crippen molar-refractivity contribution in [3.8, 4) is 5.75 Å². The number of H-pyrrole nitrogens is 1. The van der Waals surface area contributed by atoms with E-state index in [9.17, 15) is 4.79 Å². The molecule has 2 aromatic carbocycles. The third-order valence-corrected chi connectivity index (χ3v) is 4.61. The number of nitrogens with one attached hydrogen (secondary N) is 2. The topological polar surface area (TPSA) is 54.1 Å². The number of benzene rings is 2. The van der Waals surface area contributed by atoms with Crippen molar-refractivity contribution >= 4 is 16.8 Å². The van der Waals surface area contributed by atoms with Crippen LogP contribution in [0.2, 0.25) is 0 Å². The lowest BCUT2D eigenvalue weighted by atomic mass is 9.88. The van der Waals surface area contributed by atoms with E-state index >= 15 is 0 Å². The summed E-state index contributed by atoms with van der Waals surface area (Å²) in [6.07, 6.45) is 2.44. The van der Waals surface area contributed by atoms with E-state index in [4.69, 9.17) is 4.74 Å². The molecule has 1 atom stereocenters. The summed E-state index contributed by atoms with van der Waals surface area (Å²) in [7, 11) is 1.66. The molecular formula is C22H26N2O2. The van der Waals surface area contributed by atoms with Crippen LogP contribution in [0.5, 0.6) is 5.75 Å². The molecule has 0 saturated heterocycles. The number of hydrogen-bond donors (Lipinski definition) is 2. The summed E-state index contributed by atoms with van der Waals surface area (Å²) in [5.74, 6) is 1.32. The van der Waals surface area contributed by atoms with Gasteiger partial charge in [-0.1, -0.05) is 44.2 Å². The number of methoxy groups -OCH3 is 1. The lowest BCUT2D eigenvalue weighted by Crippen LogP contribution is -2.28. The van der Waals surface area contributed by atoms with E-state index in [0.29, 0.717) is 18.9 Å². The number of aromatic amines is 1. The molecule has 26 heavy (non-hydrogen) atoms. The van der Waals surface area contributed by atoms with E-state index in [1.165, 1.54) is 0 Å². The predicted octanol–water partition coefficient (Wildman–Crippen LogP) is 4.47. The third-order valence-electron chi connectivity index (χ3n) is 4.61. The summed E-state index contributed by atoms with van der Waals surface area (Å²) in [6.45, 7) is 4.89. The van der Waals surface area contributed by atoms with Gasteiger partial charge in [-0.2, -0.15) is 0 Å². The van der Waals surface area contributed by atoms with Gasteiger partial charge < -0.3 is 15.0 Å². The van der Waals surface area contributed by atoms with E-state index in [1.807, 2.05) is 42.6 Å². The van der Waals surface area contributed by atoms with Crippen molar-refractivity contribution in [3.05, 3.63) is 65.9 Å². The van der Waals surface area contributed by atoms with Gasteiger partial charge in [-0.15, -0.1) is 0 Å². The Labute approximate surface area is 154 Å². The van der Waals surface area contributed by atoms with Crippen molar-refractivity contribution < 1.29 is 9.53 Å². The molecule has 2 N–H and O–H groups in total. The zero-order valence-corrected chi connectivity index (χ0v) is 15.6. The van der Waals surface area contributed by atoms with Crippen molar-refractivity contribution in [3.63, 3.8) is 0 Å². The predicted molar refractivity (Wildman–Crippen MR) is 106 cm³/mol. The lowest BCUT2D eigenvalue weighted by Gasteiger charge is -2.18. The lowest BCUT2D eigenvalue weighted by molar-refractivity contribution is -0.121. The van der Waals surface area contributed by atoms with E-state index in [2.05, 4.69) is 36.3 Å². The molecule has 1 heterocycles. The molecule has 3 rings (SSSR count). The average Bonchev–Trinajstić information content (AvgIpc) is 3.08. The first kappa shape index (κ1) is 18.1. The minimum absolute atomic E-state index is 0.00998. The Morgan fingerprint density at radius 1 is 1.12 bits per heavy atom. The number of carbonyl (C=O) groups is 1. The molecule has 4 nitrogen and oxygen atoms in total. The normalized spacial score (nSPS) is 12.3. The average molecular weight is 350 g/mol. The van der Waals surface area contributed by atoms with Gasteiger partial charge in [0.2, 0.25) is 5.91 Å². The monoisotopic (exact) mass is 350 g/mol. The van der Waals surface area contributed by atoms with Gasteiger partial charge in [-0.25, -0.2) is 0 Å². The van der Waals surface area contributed by atoms with Crippen LogP contribution in [0, 0.1) is 5.92 Å². The smallest absolute Gasteiger partial charge is 0.220 e. The summed E-state index contributed by atoms with van der Waals surface area (Å²) in [6, 6.07) is 16.2. The zero-order chi connectivity index (χ0) is 18.5. The second-order valence-electron chi connectivity index (χ2n) is 7.02. The fraction of sp³-hybridized carbons (Fsp3) is 0.318. The summed E-state index contributed by atoms with van der Waals surface area (Å²) < 4.78 is 5.27. The molecule has 1 amide bonds. The first-order chi connectivity index (χ1) is 12.6. The van der Waals surface area contributed by atoms with E-state index in [1.54, 1.807) is 7.11 Å². The molecule has 0 radical (unpaired) electrons. The number of aromatic nitrogens is 1. The number of fused-ring (bicyclic) bond motifs is 1. The summed E-state index contributed by atoms with van der Waals surface area (Å²) in [5.41, 5.74) is 3.34. The molecule has 0 bridgehead atoms. The highest BCUT2D eigenvalue weighted by molar-refractivity contribution is 5.86. The largest absolute Gasteiger partial charge is 0.497 e. The molecule has 0 unspecified atom stereocenters. The summed E-state index contributed by atoms with van der Waals surface area (Å²) in [4.78, 5) is 15.9. The van der Waals surface area contributed by atoms with Crippen molar-refractivity contribution in [2.75, 3.05) is 13.7 Å². The van der Waals surface area contributed by atoms with Crippen LogP contribution in [0.4, 0.5) is 0 Å². The Bertz CT molecular complexity index is 865. The number of rotatable bonds is 7. The highest BCUT2D eigenvalue weighted by atomic mass is 16.5. The quantitative estimate of drug-likeness (QED) is 0.660. The Morgan fingerprint density at radius 2 is 1.85 bits per heavy atom. The van der Waals surface area contributed by atoms with Crippen LogP contribution in [-0.2, 0) is 4.79 Å². The van der Waals surface area contributed by atoms with Gasteiger partial charge in [0.25, 0.3) is 0 Å². The Balaban J connectivity index is 1.94. The summed E-state index contributed by atoms with van der Waals surface area (Å²) >= 11 is 0. The van der Waals surface area contributed by atoms with Crippen molar-refractivity contribution in [2.24, 2.45) is 5.92 Å². The molecular weight excluding hydrogens is 324 g/mol.